The minimum atomic E-state index is 0.288. The van der Waals surface area contributed by atoms with Gasteiger partial charge in [-0.25, -0.2) is 0 Å². The fraction of sp³-hybridized carbons (Fsp3) is 1.00. The fourth-order valence-corrected chi connectivity index (χ4v) is 3.54. The summed E-state index contributed by atoms with van der Waals surface area (Å²) >= 11 is 2.23. The largest absolute Gasteiger partial charge is 0.312 e. The number of rotatable bonds is 6. The van der Waals surface area contributed by atoms with Gasteiger partial charge < -0.3 is 5.32 Å². The molecule has 96 valence electrons. The van der Waals surface area contributed by atoms with Gasteiger partial charge in [0.05, 0.1) is 0 Å². The fourth-order valence-electron chi connectivity index (χ4n) is 2.17. The Kier molecular flexibility index (Phi) is 6.83. The van der Waals surface area contributed by atoms with Gasteiger partial charge in [0.2, 0.25) is 0 Å². The number of unbranched alkanes of at least 4 members (excludes halogenated alkanes) is 1. The lowest BCUT2D eigenvalue weighted by Gasteiger charge is -2.22. The van der Waals surface area contributed by atoms with E-state index in [4.69, 9.17) is 0 Å². The number of hydrogen-bond donors (Lipinski definition) is 1. The van der Waals surface area contributed by atoms with Crippen molar-refractivity contribution >= 4 is 11.8 Å². The molecule has 1 aliphatic carbocycles. The predicted octanol–water partition coefficient (Wildman–Crippen LogP) is 4.22. The third kappa shape index (κ3) is 7.56. The standard InChI is InChI=1S/C14H29NS/c1-14(2,3)15-11-7-8-12-16-13-9-5-4-6-10-13/h13,15H,4-12H2,1-3H3. The Balaban J connectivity index is 1.87. The Morgan fingerprint density at radius 1 is 1.06 bits per heavy atom. The van der Waals surface area contributed by atoms with E-state index >= 15 is 0 Å². The molecule has 0 aromatic heterocycles. The summed E-state index contributed by atoms with van der Waals surface area (Å²) in [5, 5.41) is 4.54. The van der Waals surface area contributed by atoms with Gasteiger partial charge in [-0.3, -0.25) is 0 Å². The monoisotopic (exact) mass is 243 g/mol. The lowest BCUT2D eigenvalue weighted by molar-refractivity contribution is 0.421. The van der Waals surface area contributed by atoms with Gasteiger partial charge in [-0.05, 0) is 58.8 Å². The molecule has 16 heavy (non-hydrogen) atoms. The molecule has 0 aliphatic heterocycles. The molecular formula is C14H29NS. The smallest absolute Gasteiger partial charge is 0.00965 e. The maximum absolute atomic E-state index is 3.55. The maximum Gasteiger partial charge on any atom is 0.00965 e. The van der Waals surface area contributed by atoms with Crippen LogP contribution in [0.15, 0.2) is 0 Å². The molecule has 1 aliphatic rings. The summed E-state index contributed by atoms with van der Waals surface area (Å²) in [4.78, 5) is 0. The van der Waals surface area contributed by atoms with Crippen LogP contribution in [-0.2, 0) is 0 Å². The molecule has 0 bridgehead atoms. The van der Waals surface area contributed by atoms with E-state index in [2.05, 4.69) is 37.8 Å². The maximum atomic E-state index is 3.55. The summed E-state index contributed by atoms with van der Waals surface area (Å²) in [6.07, 6.45) is 10.1. The van der Waals surface area contributed by atoms with Crippen molar-refractivity contribution < 1.29 is 0 Å². The third-order valence-corrected chi connectivity index (χ3v) is 4.60. The molecule has 2 heteroatoms. The summed E-state index contributed by atoms with van der Waals surface area (Å²) in [5.41, 5.74) is 0.288. The minimum Gasteiger partial charge on any atom is -0.312 e. The van der Waals surface area contributed by atoms with E-state index in [0.717, 1.165) is 5.25 Å². The van der Waals surface area contributed by atoms with Crippen LogP contribution in [0.1, 0.15) is 65.7 Å². The minimum absolute atomic E-state index is 0.288. The lowest BCUT2D eigenvalue weighted by Crippen LogP contribution is -2.36. The molecule has 0 aromatic carbocycles. The molecule has 1 nitrogen and oxygen atoms in total. The van der Waals surface area contributed by atoms with Gasteiger partial charge in [0.25, 0.3) is 0 Å². The van der Waals surface area contributed by atoms with Crippen molar-refractivity contribution in [1.82, 2.24) is 5.32 Å². The molecule has 1 rings (SSSR count). The van der Waals surface area contributed by atoms with Gasteiger partial charge in [0.1, 0.15) is 0 Å². The molecule has 0 aromatic rings. The van der Waals surface area contributed by atoms with Crippen LogP contribution < -0.4 is 5.32 Å². The molecular weight excluding hydrogens is 214 g/mol. The first-order valence-electron chi connectivity index (χ1n) is 6.94. The highest BCUT2D eigenvalue weighted by molar-refractivity contribution is 7.99. The molecule has 0 atom stereocenters. The molecule has 1 N–H and O–H groups in total. The van der Waals surface area contributed by atoms with Gasteiger partial charge in [-0.15, -0.1) is 0 Å². The first-order chi connectivity index (χ1) is 7.58. The zero-order chi connectivity index (χ0) is 11.9. The van der Waals surface area contributed by atoms with Crippen molar-refractivity contribution in [2.45, 2.75) is 76.5 Å². The topological polar surface area (TPSA) is 12.0 Å². The Morgan fingerprint density at radius 3 is 2.38 bits per heavy atom. The number of nitrogens with one attached hydrogen (secondary N) is 1. The van der Waals surface area contributed by atoms with Gasteiger partial charge >= 0.3 is 0 Å². The Hall–Kier alpha value is 0.310. The van der Waals surface area contributed by atoms with Crippen LogP contribution in [0.5, 0.6) is 0 Å². The molecule has 0 saturated heterocycles. The van der Waals surface area contributed by atoms with Crippen LogP contribution in [0.25, 0.3) is 0 Å². The van der Waals surface area contributed by atoms with Crippen molar-refractivity contribution in [3.05, 3.63) is 0 Å². The highest BCUT2D eigenvalue weighted by Gasteiger charge is 2.13. The van der Waals surface area contributed by atoms with E-state index in [1.807, 2.05) is 0 Å². The average molecular weight is 243 g/mol. The molecule has 1 fully saturated rings. The van der Waals surface area contributed by atoms with Gasteiger partial charge in [-0.1, -0.05) is 19.3 Å². The number of thioether (sulfide) groups is 1. The van der Waals surface area contributed by atoms with Crippen molar-refractivity contribution in [1.29, 1.82) is 0 Å². The molecule has 0 spiro atoms. The summed E-state index contributed by atoms with van der Waals surface area (Å²) < 4.78 is 0. The predicted molar refractivity (Wildman–Crippen MR) is 76.3 cm³/mol. The van der Waals surface area contributed by atoms with Gasteiger partial charge in [0.15, 0.2) is 0 Å². The van der Waals surface area contributed by atoms with E-state index in [1.165, 1.54) is 57.2 Å². The van der Waals surface area contributed by atoms with Crippen molar-refractivity contribution in [2.75, 3.05) is 12.3 Å². The molecule has 0 heterocycles. The third-order valence-electron chi connectivity index (χ3n) is 3.13. The summed E-state index contributed by atoms with van der Waals surface area (Å²) in [6.45, 7) is 7.89. The second-order valence-corrected chi connectivity index (χ2v) is 7.42. The van der Waals surface area contributed by atoms with Crippen LogP contribution in [0.3, 0.4) is 0 Å². The molecule has 0 amide bonds. The molecule has 0 unspecified atom stereocenters. The van der Waals surface area contributed by atoms with Gasteiger partial charge in [-0.2, -0.15) is 11.8 Å². The normalized spacial score (nSPS) is 18.9. The zero-order valence-electron chi connectivity index (χ0n) is 11.3. The SMILES string of the molecule is CC(C)(C)NCCCCSC1CCCCC1. The summed E-state index contributed by atoms with van der Waals surface area (Å²) in [6, 6.07) is 0. The van der Waals surface area contributed by atoms with Crippen LogP contribution in [0.4, 0.5) is 0 Å². The van der Waals surface area contributed by atoms with Gasteiger partial charge in [0, 0.05) is 10.8 Å². The van der Waals surface area contributed by atoms with Crippen molar-refractivity contribution in [3.8, 4) is 0 Å². The highest BCUT2D eigenvalue weighted by Crippen LogP contribution is 2.28. The zero-order valence-corrected chi connectivity index (χ0v) is 12.2. The van der Waals surface area contributed by atoms with Crippen LogP contribution >= 0.6 is 11.8 Å². The van der Waals surface area contributed by atoms with E-state index < -0.39 is 0 Å². The lowest BCUT2D eigenvalue weighted by atomic mass is 10.0. The second-order valence-electron chi connectivity index (χ2n) is 6.01. The highest BCUT2D eigenvalue weighted by atomic mass is 32.2. The Bertz CT molecular complexity index is 168. The van der Waals surface area contributed by atoms with Crippen molar-refractivity contribution in [3.63, 3.8) is 0 Å². The summed E-state index contributed by atoms with van der Waals surface area (Å²) in [5.74, 6) is 1.37. The van der Waals surface area contributed by atoms with Crippen molar-refractivity contribution in [2.24, 2.45) is 0 Å². The molecule has 1 saturated carbocycles. The van der Waals surface area contributed by atoms with Crippen LogP contribution in [0, 0.1) is 0 Å². The second kappa shape index (κ2) is 7.60. The van der Waals surface area contributed by atoms with E-state index in [1.54, 1.807) is 0 Å². The first kappa shape index (κ1) is 14.4. The van der Waals surface area contributed by atoms with Crippen LogP contribution in [-0.4, -0.2) is 23.1 Å². The summed E-state index contributed by atoms with van der Waals surface area (Å²) in [7, 11) is 0. The number of hydrogen-bond acceptors (Lipinski definition) is 2. The van der Waals surface area contributed by atoms with E-state index in [-0.39, 0.29) is 5.54 Å². The average Bonchev–Trinajstić information content (AvgIpc) is 2.23. The molecule has 0 radical (unpaired) electrons. The quantitative estimate of drug-likeness (QED) is 0.701. The first-order valence-corrected chi connectivity index (χ1v) is 7.99. The Morgan fingerprint density at radius 2 is 1.75 bits per heavy atom. The van der Waals surface area contributed by atoms with Crippen LogP contribution in [0.2, 0.25) is 0 Å². The van der Waals surface area contributed by atoms with E-state index in [9.17, 15) is 0 Å². The van der Waals surface area contributed by atoms with E-state index in [0.29, 0.717) is 0 Å². The Labute approximate surface area is 106 Å².